The van der Waals surface area contributed by atoms with Crippen LogP contribution in [0.5, 0.6) is 11.5 Å². The van der Waals surface area contributed by atoms with E-state index in [1.807, 2.05) is 26.0 Å². The molecule has 0 bridgehead atoms. The molecule has 0 fully saturated rings. The minimum atomic E-state index is -0.363. The summed E-state index contributed by atoms with van der Waals surface area (Å²) < 4.78 is 15.8. The van der Waals surface area contributed by atoms with E-state index in [0.29, 0.717) is 24.5 Å². The minimum Gasteiger partial charge on any atom is -0.497 e. The molecule has 118 valence electrons. The Morgan fingerprint density at radius 3 is 2.76 bits per heavy atom. The second-order valence-corrected chi connectivity index (χ2v) is 5.02. The highest BCUT2D eigenvalue weighted by Gasteiger charge is 2.11. The van der Waals surface area contributed by atoms with Gasteiger partial charge in [-0.2, -0.15) is 0 Å². The Bertz CT molecular complexity index is 446. The van der Waals surface area contributed by atoms with Gasteiger partial charge in [0.1, 0.15) is 11.5 Å². The van der Waals surface area contributed by atoms with Crippen LogP contribution in [0.1, 0.15) is 32.3 Å². The van der Waals surface area contributed by atoms with Crippen molar-refractivity contribution in [1.82, 2.24) is 0 Å². The zero-order chi connectivity index (χ0) is 15.7. The average molecular weight is 295 g/mol. The number of nitrogens with two attached hydrogens (primary N) is 1. The zero-order valence-electron chi connectivity index (χ0n) is 13.1. The van der Waals surface area contributed by atoms with Crippen LogP contribution >= 0.6 is 0 Å². The first-order valence-corrected chi connectivity index (χ1v) is 7.27. The molecule has 0 aromatic heterocycles. The van der Waals surface area contributed by atoms with Gasteiger partial charge in [-0.15, -0.1) is 0 Å². The maximum absolute atomic E-state index is 11.6. The highest BCUT2D eigenvalue weighted by molar-refractivity contribution is 5.71. The molecule has 21 heavy (non-hydrogen) atoms. The van der Waals surface area contributed by atoms with Gasteiger partial charge in [0.25, 0.3) is 0 Å². The first-order valence-electron chi connectivity index (χ1n) is 7.27. The lowest BCUT2D eigenvalue weighted by molar-refractivity contribution is -0.146. The normalized spacial score (nSPS) is 11.8. The summed E-state index contributed by atoms with van der Waals surface area (Å²) in [4.78, 5) is 11.6. The number of carbonyl (C=O) groups is 1. The van der Waals surface area contributed by atoms with Crippen molar-refractivity contribution in [1.29, 1.82) is 0 Å². The van der Waals surface area contributed by atoms with Crippen LogP contribution in [0, 0.1) is 0 Å². The lowest BCUT2D eigenvalue weighted by Crippen LogP contribution is -2.20. The van der Waals surface area contributed by atoms with Crippen molar-refractivity contribution in [2.45, 2.75) is 39.2 Å². The van der Waals surface area contributed by atoms with Crippen molar-refractivity contribution >= 4 is 5.97 Å². The number of carbonyl (C=O) groups excluding carboxylic acids is 1. The maximum atomic E-state index is 11.6. The maximum Gasteiger partial charge on any atom is 0.344 e. The molecule has 1 rings (SSSR count). The molecule has 0 aliphatic carbocycles. The quantitative estimate of drug-likeness (QED) is 0.559. The molecule has 0 saturated carbocycles. The molecule has 0 spiro atoms. The Kier molecular flexibility index (Phi) is 7.61. The zero-order valence-corrected chi connectivity index (χ0v) is 13.1. The van der Waals surface area contributed by atoms with Crippen molar-refractivity contribution in [3.05, 3.63) is 23.8 Å². The summed E-state index contributed by atoms with van der Waals surface area (Å²) in [7, 11) is 1.59. The molecule has 0 aliphatic heterocycles. The molecule has 1 aromatic carbocycles. The third kappa shape index (κ3) is 6.49. The molecule has 0 saturated heterocycles. The van der Waals surface area contributed by atoms with Crippen LogP contribution in [-0.4, -0.2) is 32.3 Å². The summed E-state index contributed by atoms with van der Waals surface area (Å²) >= 11 is 0. The van der Waals surface area contributed by atoms with E-state index in [2.05, 4.69) is 0 Å². The fourth-order valence-electron chi connectivity index (χ4n) is 1.82. The Balaban J connectivity index is 2.64. The van der Waals surface area contributed by atoms with E-state index >= 15 is 0 Å². The number of methoxy groups -OCH3 is 1. The van der Waals surface area contributed by atoms with Crippen LogP contribution in [0.25, 0.3) is 0 Å². The highest BCUT2D eigenvalue weighted by atomic mass is 16.6. The molecule has 0 aliphatic rings. The topological polar surface area (TPSA) is 70.8 Å². The Labute approximate surface area is 126 Å². The van der Waals surface area contributed by atoms with Gasteiger partial charge in [0.05, 0.1) is 13.7 Å². The number of hydrogen-bond acceptors (Lipinski definition) is 5. The number of rotatable bonds is 9. The van der Waals surface area contributed by atoms with E-state index in [4.69, 9.17) is 19.9 Å². The third-order valence-corrected chi connectivity index (χ3v) is 2.92. The highest BCUT2D eigenvalue weighted by Crippen LogP contribution is 2.25. The number of esters is 1. The number of unbranched alkanes of at least 4 members (excludes halogenated alkanes) is 1. The van der Waals surface area contributed by atoms with Gasteiger partial charge >= 0.3 is 5.97 Å². The second kappa shape index (κ2) is 9.23. The van der Waals surface area contributed by atoms with Crippen LogP contribution in [0.3, 0.4) is 0 Å². The molecule has 0 amide bonds. The van der Waals surface area contributed by atoms with Gasteiger partial charge in [-0.3, -0.25) is 0 Å². The molecule has 1 aromatic rings. The Hall–Kier alpha value is -1.75. The van der Waals surface area contributed by atoms with Crippen molar-refractivity contribution < 1.29 is 19.0 Å². The lowest BCUT2D eigenvalue weighted by Gasteiger charge is -2.14. The number of benzene rings is 1. The van der Waals surface area contributed by atoms with Crippen molar-refractivity contribution in [2.75, 3.05) is 20.3 Å². The van der Waals surface area contributed by atoms with E-state index in [-0.39, 0.29) is 18.6 Å². The second-order valence-electron chi connectivity index (χ2n) is 5.02. The summed E-state index contributed by atoms with van der Waals surface area (Å²) in [5, 5.41) is 0. The van der Waals surface area contributed by atoms with Gasteiger partial charge < -0.3 is 19.9 Å². The fraction of sp³-hybridized carbons (Fsp3) is 0.562. The Morgan fingerprint density at radius 2 is 2.14 bits per heavy atom. The van der Waals surface area contributed by atoms with Gasteiger partial charge in [-0.05, 0) is 31.4 Å². The van der Waals surface area contributed by atoms with Crippen molar-refractivity contribution in [2.24, 2.45) is 5.73 Å². The molecular formula is C16H25NO4. The van der Waals surface area contributed by atoms with E-state index in [1.165, 1.54) is 0 Å². The standard InChI is InChI=1S/C16H25NO4/c1-4-5-8-20-16(18)11-21-15-10-14(19-3)7-6-13(15)9-12(2)17/h6-7,10,12H,4-5,8-9,11,17H2,1-3H3. The summed E-state index contributed by atoms with van der Waals surface area (Å²) in [6.45, 7) is 4.29. The lowest BCUT2D eigenvalue weighted by atomic mass is 10.1. The predicted molar refractivity (Wildman–Crippen MR) is 81.7 cm³/mol. The molecular weight excluding hydrogens is 270 g/mol. The number of hydrogen-bond donors (Lipinski definition) is 1. The minimum absolute atomic E-state index is 0.0113. The van der Waals surface area contributed by atoms with Gasteiger partial charge in [0.2, 0.25) is 0 Å². The SMILES string of the molecule is CCCCOC(=O)COc1cc(OC)ccc1CC(C)N. The van der Waals surface area contributed by atoms with Gasteiger partial charge in [0.15, 0.2) is 6.61 Å². The van der Waals surface area contributed by atoms with E-state index < -0.39 is 0 Å². The first-order chi connectivity index (χ1) is 10.1. The smallest absolute Gasteiger partial charge is 0.344 e. The summed E-state index contributed by atoms with van der Waals surface area (Å²) in [5.41, 5.74) is 6.77. The molecule has 1 atom stereocenters. The predicted octanol–water partition coefficient (Wildman–Crippen LogP) is 2.31. The van der Waals surface area contributed by atoms with Crippen LogP contribution in [0.4, 0.5) is 0 Å². The van der Waals surface area contributed by atoms with Crippen LogP contribution < -0.4 is 15.2 Å². The molecule has 5 heteroatoms. The third-order valence-electron chi connectivity index (χ3n) is 2.92. The van der Waals surface area contributed by atoms with E-state index in [9.17, 15) is 4.79 Å². The van der Waals surface area contributed by atoms with E-state index in [0.717, 1.165) is 18.4 Å². The fourth-order valence-corrected chi connectivity index (χ4v) is 1.82. The van der Waals surface area contributed by atoms with Gasteiger partial charge in [-0.25, -0.2) is 4.79 Å². The molecule has 2 N–H and O–H groups in total. The first kappa shape index (κ1) is 17.3. The van der Waals surface area contributed by atoms with Crippen molar-refractivity contribution in [3.63, 3.8) is 0 Å². The molecule has 0 radical (unpaired) electrons. The van der Waals surface area contributed by atoms with Crippen LogP contribution in [0.15, 0.2) is 18.2 Å². The summed E-state index contributed by atoms with van der Waals surface area (Å²) in [5.74, 6) is 0.926. The van der Waals surface area contributed by atoms with Crippen LogP contribution in [0.2, 0.25) is 0 Å². The van der Waals surface area contributed by atoms with Gasteiger partial charge in [0, 0.05) is 12.1 Å². The summed E-state index contributed by atoms with van der Waals surface area (Å²) in [6, 6.07) is 5.53. The largest absolute Gasteiger partial charge is 0.497 e. The summed E-state index contributed by atoms with van der Waals surface area (Å²) in [6.07, 6.45) is 2.52. The van der Waals surface area contributed by atoms with Gasteiger partial charge in [-0.1, -0.05) is 19.4 Å². The molecule has 0 heterocycles. The molecule has 1 unspecified atom stereocenters. The number of ether oxygens (including phenoxy) is 3. The molecule has 5 nitrogen and oxygen atoms in total. The van der Waals surface area contributed by atoms with Crippen LogP contribution in [-0.2, 0) is 16.0 Å². The van der Waals surface area contributed by atoms with E-state index in [1.54, 1.807) is 13.2 Å². The monoisotopic (exact) mass is 295 g/mol. The average Bonchev–Trinajstić information content (AvgIpc) is 2.46. The van der Waals surface area contributed by atoms with Crippen molar-refractivity contribution in [3.8, 4) is 11.5 Å². The Morgan fingerprint density at radius 1 is 1.38 bits per heavy atom.